The lowest BCUT2D eigenvalue weighted by Crippen LogP contribution is -2.35. The molecule has 1 aliphatic rings. The van der Waals surface area contributed by atoms with Crippen molar-refractivity contribution in [3.05, 3.63) is 29.8 Å². The fourth-order valence-electron chi connectivity index (χ4n) is 2.43. The van der Waals surface area contributed by atoms with Gasteiger partial charge in [0.2, 0.25) is 0 Å². The number of hydrazone groups is 1. The van der Waals surface area contributed by atoms with E-state index in [9.17, 15) is 4.79 Å². The number of alkyl carbamates (subject to hydrolysis) is 1. The first-order valence-corrected chi connectivity index (χ1v) is 8.30. The highest BCUT2D eigenvalue weighted by molar-refractivity contribution is 5.76. The molecule has 1 amide bonds. The quantitative estimate of drug-likeness (QED) is 0.840. The average molecular weight is 333 g/mol. The van der Waals surface area contributed by atoms with Crippen LogP contribution in [0, 0.1) is 0 Å². The van der Waals surface area contributed by atoms with Gasteiger partial charge in [0.1, 0.15) is 11.4 Å². The number of rotatable bonds is 5. The van der Waals surface area contributed by atoms with Crippen molar-refractivity contribution in [2.75, 3.05) is 20.2 Å². The van der Waals surface area contributed by atoms with Crippen molar-refractivity contribution in [2.45, 2.75) is 45.3 Å². The molecule has 1 atom stereocenters. The first-order chi connectivity index (χ1) is 11.4. The predicted molar refractivity (Wildman–Crippen MR) is 94.4 cm³/mol. The number of nitrogens with zero attached hydrogens (tertiary/aromatic N) is 2. The van der Waals surface area contributed by atoms with Crippen LogP contribution in [0.25, 0.3) is 0 Å². The molecule has 1 heterocycles. The first kappa shape index (κ1) is 18.1. The zero-order valence-electron chi connectivity index (χ0n) is 14.9. The van der Waals surface area contributed by atoms with Crippen LogP contribution in [-0.4, -0.2) is 43.1 Å². The summed E-state index contributed by atoms with van der Waals surface area (Å²) in [7, 11) is 1.63. The lowest BCUT2D eigenvalue weighted by atomic mass is 10.1. The monoisotopic (exact) mass is 333 g/mol. The fourth-order valence-corrected chi connectivity index (χ4v) is 2.43. The van der Waals surface area contributed by atoms with Crippen molar-refractivity contribution in [3.8, 4) is 5.75 Å². The molecular weight excluding hydrogens is 306 g/mol. The number of hydrogen-bond acceptors (Lipinski definition) is 5. The molecule has 0 aliphatic carbocycles. The summed E-state index contributed by atoms with van der Waals surface area (Å²) in [5.41, 5.74) is 0.380. The van der Waals surface area contributed by atoms with E-state index in [2.05, 4.69) is 10.4 Å². The van der Waals surface area contributed by atoms with Gasteiger partial charge in [0.15, 0.2) is 0 Å². The van der Waals surface area contributed by atoms with E-state index >= 15 is 0 Å². The van der Waals surface area contributed by atoms with Gasteiger partial charge in [-0.1, -0.05) is 12.1 Å². The highest BCUT2D eigenvalue weighted by Gasteiger charge is 2.20. The summed E-state index contributed by atoms with van der Waals surface area (Å²) in [5.74, 6) is 0.770. The van der Waals surface area contributed by atoms with E-state index in [0.717, 1.165) is 37.2 Å². The Balaban J connectivity index is 2.11. The SMILES string of the molecule is COc1ccc([C@H](/C=N/N2CCCC2)NC(=O)OC(C)(C)C)cc1. The van der Waals surface area contributed by atoms with Crippen LogP contribution in [-0.2, 0) is 4.74 Å². The van der Waals surface area contributed by atoms with E-state index < -0.39 is 11.7 Å². The molecule has 0 aromatic heterocycles. The van der Waals surface area contributed by atoms with Crippen LogP contribution < -0.4 is 10.1 Å². The topological polar surface area (TPSA) is 63.2 Å². The zero-order valence-corrected chi connectivity index (χ0v) is 14.9. The van der Waals surface area contributed by atoms with Crippen LogP contribution in [0.3, 0.4) is 0 Å². The molecule has 0 radical (unpaired) electrons. The fraction of sp³-hybridized carbons (Fsp3) is 0.556. The summed E-state index contributed by atoms with van der Waals surface area (Å²) in [6, 6.07) is 7.20. The van der Waals surface area contributed by atoms with E-state index in [-0.39, 0.29) is 6.04 Å². The summed E-state index contributed by atoms with van der Waals surface area (Å²) in [5, 5.41) is 9.39. The Hall–Kier alpha value is -2.24. The largest absolute Gasteiger partial charge is 0.497 e. The number of hydrogen-bond donors (Lipinski definition) is 1. The van der Waals surface area contributed by atoms with E-state index in [1.165, 1.54) is 0 Å². The molecule has 1 aromatic rings. The minimum absolute atomic E-state index is 0.355. The van der Waals surface area contributed by atoms with Crippen LogP contribution >= 0.6 is 0 Å². The number of nitrogens with one attached hydrogen (secondary N) is 1. The van der Waals surface area contributed by atoms with Gasteiger partial charge in [0.05, 0.1) is 19.4 Å². The summed E-state index contributed by atoms with van der Waals surface area (Å²) in [6.07, 6.45) is 3.61. The number of ether oxygens (including phenoxy) is 2. The van der Waals surface area contributed by atoms with Crippen molar-refractivity contribution in [1.29, 1.82) is 0 Å². The van der Waals surface area contributed by atoms with Gasteiger partial charge in [-0.05, 0) is 51.3 Å². The van der Waals surface area contributed by atoms with Gasteiger partial charge in [-0.25, -0.2) is 4.79 Å². The van der Waals surface area contributed by atoms with Crippen molar-refractivity contribution in [1.82, 2.24) is 10.3 Å². The first-order valence-electron chi connectivity index (χ1n) is 8.30. The molecule has 24 heavy (non-hydrogen) atoms. The normalized spacial score (nSPS) is 16.2. The molecule has 1 aromatic carbocycles. The van der Waals surface area contributed by atoms with E-state index in [1.54, 1.807) is 13.3 Å². The van der Waals surface area contributed by atoms with Gasteiger partial charge >= 0.3 is 6.09 Å². The van der Waals surface area contributed by atoms with Gasteiger partial charge < -0.3 is 14.8 Å². The van der Waals surface area contributed by atoms with Gasteiger partial charge in [-0.3, -0.25) is 5.01 Å². The minimum Gasteiger partial charge on any atom is -0.497 e. The van der Waals surface area contributed by atoms with E-state index in [4.69, 9.17) is 9.47 Å². The third-order valence-electron chi connectivity index (χ3n) is 3.61. The lowest BCUT2D eigenvalue weighted by molar-refractivity contribution is 0.0518. The van der Waals surface area contributed by atoms with Crippen molar-refractivity contribution in [3.63, 3.8) is 0 Å². The highest BCUT2D eigenvalue weighted by atomic mass is 16.6. The minimum atomic E-state index is -0.541. The number of carbonyl (C=O) groups excluding carboxylic acids is 1. The second-order valence-corrected chi connectivity index (χ2v) is 6.82. The number of carbonyl (C=O) groups is 1. The maximum absolute atomic E-state index is 12.1. The summed E-state index contributed by atoms with van der Waals surface area (Å²) in [4.78, 5) is 12.1. The third-order valence-corrected chi connectivity index (χ3v) is 3.61. The molecule has 1 saturated heterocycles. The molecule has 0 spiro atoms. The van der Waals surface area contributed by atoms with Crippen LogP contribution in [0.4, 0.5) is 4.79 Å². The molecule has 6 nitrogen and oxygen atoms in total. The van der Waals surface area contributed by atoms with Crippen LogP contribution in [0.2, 0.25) is 0 Å². The standard InChI is InChI=1S/C18H27N3O3/c1-18(2,3)24-17(22)20-16(13-19-21-11-5-6-12-21)14-7-9-15(23-4)10-8-14/h7-10,13,16H,5-6,11-12H2,1-4H3,(H,20,22)/b19-13+/t16-/m0/s1. The molecule has 2 rings (SSSR count). The van der Waals surface area contributed by atoms with Gasteiger partial charge in [-0.2, -0.15) is 5.10 Å². The van der Waals surface area contributed by atoms with Gasteiger partial charge in [0, 0.05) is 13.1 Å². The number of methoxy groups -OCH3 is 1. The smallest absolute Gasteiger partial charge is 0.408 e. The zero-order chi connectivity index (χ0) is 17.6. The molecule has 0 unspecified atom stereocenters. The molecular formula is C18H27N3O3. The molecule has 1 aliphatic heterocycles. The summed E-state index contributed by atoms with van der Waals surface area (Å²) in [6.45, 7) is 7.43. The van der Waals surface area contributed by atoms with Crippen LogP contribution in [0.5, 0.6) is 5.75 Å². The van der Waals surface area contributed by atoms with Crippen LogP contribution in [0.1, 0.15) is 45.2 Å². The Morgan fingerprint density at radius 1 is 1.25 bits per heavy atom. The maximum Gasteiger partial charge on any atom is 0.408 e. The van der Waals surface area contributed by atoms with E-state index in [1.807, 2.05) is 50.0 Å². The molecule has 1 fully saturated rings. The van der Waals surface area contributed by atoms with Crippen molar-refractivity contribution in [2.24, 2.45) is 5.10 Å². The molecule has 132 valence electrons. The Morgan fingerprint density at radius 2 is 1.88 bits per heavy atom. The number of amides is 1. The average Bonchev–Trinajstić information content (AvgIpc) is 3.03. The Labute approximate surface area is 143 Å². The predicted octanol–water partition coefficient (Wildman–Crippen LogP) is 3.34. The van der Waals surface area contributed by atoms with E-state index in [0.29, 0.717) is 0 Å². The maximum atomic E-state index is 12.1. The summed E-state index contributed by atoms with van der Waals surface area (Å²) < 4.78 is 10.5. The molecule has 6 heteroatoms. The van der Waals surface area contributed by atoms with Crippen LogP contribution in [0.15, 0.2) is 29.4 Å². The molecule has 1 N–H and O–H groups in total. The van der Waals surface area contributed by atoms with Crippen molar-refractivity contribution >= 4 is 12.3 Å². The van der Waals surface area contributed by atoms with Gasteiger partial charge in [0.25, 0.3) is 0 Å². The van der Waals surface area contributed by atoms with Gasteiger partial charge in [-0.15, -0.1) is 0 Å². The molecule has 0 saturated carbocycles. The summed E-state index contributed by atoms with van der Waals surface area (Å²) >= 11 is 0. The Kier molecular flexibility index (Phi) is 6.06. The molecule has 0 bridgehead atoms. The Morgan fingerprint density at radius 3 is 2.42 bits per heavy atom. The second kappa shape index (κ2) is 8.04. The number of benzene rings is 1. The second-order valence-electron chi connectivity index (χ2n) is 6.82. The highest BCUT2D eigenvalue weighted by Crippen LogP contribution is 2.18. The Bertz CT molecular complexity index is 558. The lowest BCUT2D eigenvalue weighted by Gasteiger charge is -2.22. The third kappa shape index (κ3) is 5.76. The van der Waals surface area contributed by atoms with Crippen molar-refractivity contribution < 1.29 is 14.3 Å².